The smallest absolute Gasteiger partial charge is 0.0905 e. The average Bonchev–Trinajstić information content (AvgIpc) is 2.45. The third kappa shape index (κ3) is 2.80. The van der Waals surface area contributed by atoms with Crippen LogP contribution in [0.5, 0.6) is 0 Å². The van der Waals surface area contributed by atoms with Crippen molar-refractivity contribution in [3.63, 3.8) is 0 Å². The first-order chi connectivity index (χ1) is 9.40. The van der Waals surface area contributed by atoms with Gasteiger partial charge in [0.25, 0.3) is 0 Å². The molecule has 1 aromatic rings. The highest BCUT2D eigenvalue weighted by atomic mass is 16.5. The molecule has 0 amide bonds. The van der Waals surface area contributed by atoms with Gasteiger partial charge in [0.05, 0.1) is 20.0 Å². The Morgan fingerprint density at radius 3 is 2.10 bits per heavy atom. The van der Waals surface area contributed by atoms with Crippen LogP contribution in [0.1, 0.15) is 46.7 Å². The molecule has 2 nitrogen and oxygen atoms in total. The van der Waals surface area contributed by atoms with Crippen molar-refractivity contribution in [2.24, 2.45) is 0 Å². The van der Waals surface area contributed by atoms with Gasteiger partial charge in [-0.2, -0.15) is 0 Å². The van der Waals surface area contributed by atoms with Crippen molar-refractivity contribution >= 4 is 5.57 Å². The van der Waals surface area contributed by atoms with Gasteiger partial charge in [0.15, 0.2) is 0 Å². The van der Waals surface area contributed by atoms with E-state index in [4.69, 9.17) is 4.74 Å². The standard InChI is InChI=1S/C18H26O2/c1-8-11(2)17(10-20-7)18-15(6)13(4)12(3)14(5)16(18)9-19/h10,19H,2,8-9H2,1,3-7H3/b17-10-. The third-order valence-corrected chi connectivity index (χ3v) is 4.29. The van der Waals surface area contributed by atoms with Crippen molar-refractivity contribution in [1.82, 2.24) is 0 Å². The summed E-state index contributed by atoms with van der Waals surface area (Å²) in [5.74, 6) is 0. The van der Waals surface area contributed by atoms with Crippen molar-refractivity contribution < 1.29 is 9.84 Å². The van der Waals surface area contributed by atoms with Crippen LogP contribution in [0.25, 0.3) is 5.57 Å². The van der Waals surface area contributed by atoms with Crippen LogP contribution >= 0.6 is 0 Å². The van der Waals surface area contributed by atoms with E-state index in [1.165, 1.54) is 16.7 Å². The average molecular weight is 274 g/mol. The summed E-state index contributed by atoms with van der Waals surface area (Å²) in [6, 6.07) is 0. The number of allylic oxidation sites excluding steroid dienone is 2. The van der Waals surface area contributed by atoms with Crippen LogP contribution in [0, 0.1) is 27.7 Å². The summed E-state index contributed by atoms with van der Waals surface area (Å²) >= 11 is 0. The van der Waals surface area contributed by atoms with E-state index in [2.05, 4.69) is 41.2 Å². The van der Waals surface area contributed by atoms with E-state index in [1.807, 2.05) is 0 Å². The highest BCUT2D eigenvalue weighted by Gasteiger charge is 2.19. The molecule has 0 saturated carbocycles. The highest BCUT2D eigenvalue weighted by Crippen LogP contribution is 2.35. The zero-order valence-corrected chi connectivity index (χ0v) is 13.6. The lowest BCUT2D eigenvalue weighted by molar-refractivity contribution is 0.280. The maximum absolute atomic E-state index is 9.81. The highest BCUT2D eigenvalue weighted by molar-refractivity contribution is 5.82. The molecule has 0 aliphatic rings. The maximum Gasteiger partial charge on any atom is 0.0905 e. The second-order valence-electron chi connectivity index (χ2n) is 5.24. The monoisotopic (exact) mass is 274 g/mol. The molecular weight excluding hydrogens is 248 g/mol. The minimum absolute atomic E-state index is 0.0289. The summed E-state index contributed by atoms with van der Waals surface area (Å²) in [6.07, 6.45) is 2.59. The summed E-state index contributed by atoms with van der Waals surface area (Å²) in [4.78, 5) is 0. The van der Waals surface area contributed by atoms with Gasteiger partial charge in [0.2, 0.25) is 0 Å². The number of methoxy groups -OCH3 is 1. The molecule has 2 heteroatoms. The van der Waals surface area contributed by atoms with Crippen molar-refractivity contribution in [3.8, 4) is 0 Å². The molecule has 20 heavy (non-hydrogen) atoms. The van der Waals surface area contributed by atoms with Gasteiger partial charge in [0.1, 0.15) is 0 Å². The number of hydrogen-bond donors (Lipinski definition) is 1. The van der Waals surface area contributed by atoms with E-state index >= 15 is 0 Å². The minimum Gasteiger partial charge on any atom is -0.504 e. The molecule has 0 unspecified atom stereocenters. The molecule has 1 N–H and O–H groups in total. The molecule has 0 aliphatic heterocycles. The number of rotatable bonds is 5. The second-order valence-corrected chi connectivity index (χ2v) is 5.24. The Kier molecular flexibility index (Phi) is 5.58. The third-order valence-electron chi connectivity index (χ3n) is 4.29. The summed E-state index contributed by atoms with van der Waals surface area (Å²) < 4.78 is 5.24. The molecule has 1 aromatic carbocycles. The van der Waals surface area contributed by atoms with Gasteiger partial charge < -0.3 is 9.84 Å². The molecule has 110 valence electrons. The SMILES string of the molecule is C=C(CC)/C(=C/OC)c1c(C)c(C)c(C)c(C)c1CO. The van der Waals surface area contributed by atoms with Gasteiger partial charge in [-0.05, 0) is 73.1 Å². The van der Waals surface area contributed by atoms with E-state index in [0.29, 0.717) is 0 Å². The van der Waals surface area contributed by atoms with Gasteiger partial charge >= 0.3 is 0 Å². The molecule has 0 aromatic heterocycles. The van der Waals surface area contributed by atoms with Crippen LogP contribution in [0.3, 0.4) is 0 Å². The fourth-order valence-electron chi connectivity index (χ4n) is 2.58. The molecule has 0 saturated heterocycles. The van der Waals surface area contributed by atoms with E-state index in [1.54, 1.807) is 13.4 Å². The Bertz CT molecular complexity index is 551. The lowest BCUT2D eigenvalue weighted by Gasteiger charge is -2.22. The van der Waals surface area contributed by atoms with Crippen LogP contribution < -0.4 is 0 Å². The van der Waals surface area contributed by atoms with E-state index in [-0.39, 0.29) is 6.61 Å². The molecule has 1 rings (SSSR count). The van der Waals surface area contributed by atoms with Crippen LogP contribution in [0.2, 0.25) is 0 Å². The number of aliphatic hydroxyl groups is 1. The zero-order chi connectivity index (χ0) is 15.4. The first-order valence-electron chi connectivity index (χ1n) is 7.02. The largest absolute Gasteiger partial charge is 0.504 e. The number of aliphatic hydroxyl groups excluding tert-OH is 1. The Hall–Kier alpha value is -1.54. The van der Waals surface area contributed by atoms with Crippen molar-refractivity contribution in [2.45, 2.75) is 47.6 Å². The Balaban J connectivity index is 3.73. The Morgan fingerprint density at radius 2 is 1.65 bits per heavy atom. The summed E-state index contributed by atoms with van der Waals surface area (Å²) in [5.41, 5.74) is 8.90. The van der Waals surface area contributed by atoms with Crippen LogP contribution in [0.4, 0.5) is 0 Å². The Morgan fingerprint density at radius 1 is 1.10 bits per heavy atom. The van der Waals surface area contributed by atoms with Crippen LogP contribution in [-0.4, -0.2) is 12.2 Å². The molecule has 0 aliphatic carbocycles. The summed E-state index contributed by atoms with van der Waals surface area (Å²) in [6.45, 7) is 14.6. The first-order valence-corrected chi connectivity index (χ1v) is 7.02. The van der Waals surface area contributed by atoms with E-state index in [9.17, 15) is 5.11 Å². The topological polar surface area (TPSA) is 29.5 Å². The van der Waals surface area contributed by atoms with Crippen LogP contribution in [0.15, 0.2) is 18.4 Å². The van der Waals surface area contributed by atoms with Crippen molar-refractivity contribution in [1.29, 1.82) is 0 Å². The van der Waals surface area contributed by atoms with Gasteiger partial charge in [-0.15, -0.1) is 0 Å². The normalized spacial score (nSPS) is 11.7. The zero-order valence-electron chi connectivity index (χ0n) is 13.6. The number of ether oxygens (including phenoxy) is 1. The number of hydrogen-bond acceptors (Lipinski definition) is 2. The van der Waals surface area contributed by atoms with Crippen molar-refractivity contribution in [2.75, 3.05) is 7.11 Å². The van der Waals surface area contributed by atoms with Gasteiger partial charge in [0, 0.05) is 5.57 Å². The molecular formula is C18H26O2. The van der Waals surface area contributed by atoms with Gasteiger partial charge in [-0.1, -0.05) is 13.5 Å². The maximum atomic E-state index is 9.81. The molecule has 0 bridgehead atoms. The second kappa shape index (κ2) is 6.76. The minimum atomic E-state index is 0.0289. The molecule has 0 fully saturated rings. The fourth-order valence-corrected chi connectivity index (χ4v) is 2.58. The molecule has 0 radical (unpaired) electrons. The fraction of sp³-hybridized carbons (Fsp3) is 0.444. The van der Waals surface area contributed by atoms with E-state index in [0.717, 1.165) is 34.3 Å². The lowest BCUT2D eigenvalue weighted by Crippen LogP contribution is -2.07. The molecule has 0 spiro atoms. The van der Waals surface area contributed by atoms with Gasteiger partial charge in [-0.3, -0.25) is 0 Å². The Labute approximate surface area is 122 Å². The molecule has 0 heterocycles. The predicted octanol–water partition coefficient (Wildman–Crippen LogP) is 4.37. The quantitative estimate of drug-likeness (QED) is 0.638. The number of benzene rings is 1. The first kappa shape index (κ1) is 16.5. The lowest BCUT2D eigenvalue weighted by atomic mass is 9.83. The summed E-state index contributed by atoms with van der Waals surface area (Å²) in [7, 11) is 1.64. The molecule has 0 atom stereocenters. The van der Waals surface area contributed by atoms with Gasteiger partial charge in [-0.25, -0.2) is 0 Å². The van der Waals surface area contributed by atoms with E-state index < -0.39 is 0 Å². The predicted molar refractivity (Wildman–Crippen MR) is 85.7 cm³/mol. The summed E-state index contributed by atoms with van der Waals surface area (Å²) in [5, 5.41) is 9.81. The van der Waals surface area contributed by atoms with Crippen LogP contribution in [-0.2, 0) is 11.3 Å². The van der Waals surface area contributed by atoms with Crippen molar-refractivity contribution in [3.05, 3.63) is 51.8 Å².